The Bertz CT molecular complexity index is 447. The maximum Gasteiger partial charge on any atom is 0.407 e. The fourth-order valence-corrected chi connectivity index (χ4v) is 2.16. The van der Waals surface area contributed by atoms with E-state index in [0.29, 0.717) is 0 Å². The van der Waals surface area contributed by atoms with E-state index < -0.39 is 18.0 Å². The molecular formula is C16H23NO4. The van der Waals surface area contributed by atoms with Crippen molar-refractivity contribution in [2.45, 2.75) is 33.3 Å². The average Bonchev–Trinajstić information content (AvgIpc) is 2.46. The van der Waals surface area contributed by atoms with Crippen molar-refractivity contribution in [3.63, 3.8) is 0 Å². The molecule has 5 nitrogen and oxygen atoms in total. The van der Waals surface area contributed by atoms with E-state index in [4.69, 9.17) is 4.74 Å². The van der Waals surface area contributed by atoms with Crippen LogP contribution >= 0.6 is 0 Å². The van der Waals surface area contributed by atoms with Crippen LogP contribution in [0.1, 0.15) is 32.3 Å². The van der Waals surface area contributed by atoms with Gasteiger partial charge in [0.05, 0.1) is 5.92 Å². The Morgan fingerprint density at radius 3 is 2.52 bits per heavy atom. The maximum atomic E-state index is 11.6. The third-order valence-electron chi connectivity index (χ3n) is 3.43. The molecule has 0 aliphatic carbocycles. The number of carbonyl (C=O) groups excluding carboxylic acids is 1. The van der Waals surface area contributed by atoms with Gasteiger partial charge in [-0.1, -0.05) is 57.0 Å². The number of nitrogens with one attached hydrogen (secondary N) is 1. The van der Waals surface area contributed by atoms with Crippen LogP contribution in [-0.2, 0) is 16.1 Å². The van der Waals surface area contributed by atoms with E-state index in [9.17, 15) is 14.7 Å². The highest BCUT2D eigenvalue weighted by Gasteiger charge is 2.24. The van der Waals surface area contributed by atoms with Crippen molar-refractivity contribution < 1.29 is 19.4 Å². The number of hydrogen-bond acceptors (Lipinski definition) is 3. The Balaban J connectivity index is 2.37. The number of rotatable bonds is 8. The lowest BCUT2D eigenvalue weighted by Gasteiger charge is -2.19. The summed E-state index contributed by atoms with van der Waals surface area (Å²) in [5, 5.41) is 11.7. The summed E-state index contributed by atoms with van der Waals surface area (Å²) in [7, 11) is 0. The summed E-state index contributed by atoms with van der Waals surface area (Å²) >= 11 is 0. The summed E-state index contributed by atoms with van der Waals surface area (Å²) in [5.41, 5.74) is 0.891. The van der Waals surface area contributed by atoms with Crippen LogP contribution in [0.4, 0.5) is 4.79 Å². The predicted molar refractivity (Wildman–Crippen MR) is 79.8 cm³/mol. The van der Waals surface area contributed by atoms with Crippen LogP contribution < -0.4 is 5.32 Å². The third-order valence-corrected chi connectivity index (χ3v) is 3.43. The summed E-state index contributed by atoms with van der Waals surface area (Å²) in [6.45, 7) is 4.16. The van der Waals surface area contributed by atoms with E-state index in [2.05, 4.69) is 5.32 Å². The Morgan fingerprint density at radius 2 is 1.95 bits per heavy atom. The first-order valence-electron chi connectivity index (χ1n) is 7.22. The lowest BCUT2D eigenvalue weighted by molar-refractivity contribution is -0.143. The topological polar surface area (TPSA) is 75.6 Å². The molecule has 0 spiro atoms. The van der Waals surface area contributed by atoms with Crippen LogP contribution in [0.2, 0.25) is 0 Å². The number of benzene rings is 1. The number of carbonyl (C=O) groups is 2. The van der Waals surface area contributed by atoms with E-state index >= 15 is 0 Å². The molecule has 0 aromatic heterocycles. The molecular weight excluding hydrogens is 270 g/mol. The van der Waals surface area contributed by atoms with Crippen LogP contribution in [0.15, 0.2) is 30.3 Å². The molecule has 2 atom stereocenters. The standard InChI is InChI=1S/C16H23NO4/c1-3-7-12(2)14(15(18)19)10-17-16(20)21-11-13-8-5-4-6-9-13/h4-6,8-9,12,14H,3,7,10-11H2,1-2H3,(H,17,20)(H,18,19)/t12-,14+/m1/s1. The number of carboxylic acids is 1. The molecule has 5 heteroatoms. The van der Waals surface area contributed by atoms with Crippen LogP contribution in [-0.4, -0.2) is 23.7 Å². The number of amides is 1. The van der Waals surface area contributed by atoms with Gasteiger partial charge in [-0.3, -0.25) is 4.79 Å². The second-order valence-corrected chi connectivity index (χ2v) is 5.15. The van der Waals surface area contributed by atoms with Gasteiger partial charge in [-0.05, 0) is 11.5 Å². The molecule has 1 aromatic carbocycles. The predicted octanol–water partition coefficient (Wildman–Crippen LogP) is 3.05. The zero-order valence-corrected chi connectivity index (χ0v) is 12.5. The fourth-order valence-electron chi connectivity index (χ4n) is 2.16. The molecule has 0 aliphatic rings. The first-order valence-corrected chi connectivity index (χ1v) is 7.22. The van der Waals surface area contributed by atoms with Crippen molar-refractivity contribution in [3.05, 3.63) is 35.9 Å². The molecule has 0 bridgehead atoms. The number of hydrogen-bond donors (Lipinski definition) is 2. The first-order chi connectivity index (χ1) is 10.0. The molecule has 0 aliphatic heterocycles. The van der Waals surface area contributed by atoms with Crippen LogP contribution in [0.25, 0.3) is 0 Å². The second kappa shape index (κ2) is 9.00. The number of alkyl carbamates (subject to hydrolysis) is 1. The van der Waals surface area contributed by atoms with Crippen molar-refractivity contribution in [2.75, 3.05) is 6.54 Å². The maximum absolute atomic E-state index is 11.6. The van der Waals surface area contributed by atoms with E-state index in [1.165, 1.54) is 0 Å². The lowest BCUT2D eigenvalue weighted by Crippen LogP contribution is -2.36. The Morgan fingerprint density at radius 1 is 1.29 bits per heavy atom. The molecule has 0 saturated heterocycles. The number of carboxylic acid groups (broad SMARTS) is 1. The molecule has 21 heavy (non-hydrogen) atoms. The monoisotopic (exact) mass is 293 g/mol. The highest BCUT2D eigenvalue weighted by molar-refractivity contribution is 5.72. The average molecular weight is 293 g/mol. The van der Waals surface area contributed by atoms with Gasteiger partial charge in [-0.25, -0.2) is 4.79 Å². The second-order valence-electron chi connectivity index (χ2n) is 5.15. The SMILES string of the molecule is CCC[C@@H](C)[C@H](CNC(=O)OCc1ccccc1)C(=O)O. The van der Waals surface area contributed by atoms with Gasteiger partial charge in [-0.15, -0.1) is 0 Å². The fraction of sp³-hybridized carbons (Fsp3) is 0.500. The molecule has 0 saturated carbocycles. The molecule has 0 unspecified atom stereocenters. The minimum Gasteiger partial charge on any atom is -0.481 e. The zero-order valence-electron chi connectivity index (χ0n) is 12.5. The zero-order chi connectivity index (χ0) is 15.7. The molecule has 2 N–H and O–H groups in total. The molecule has 1 aromatic rings. The van der Waals surface area contributed by atoms with Gasteiger partial charge in [0, 0.05) is 6.54 Å². The van der Waals surface area contributed by atoms with Gasteiger partial charge in [0.2, 0.25) is 0 Å². The Hall–Kier alpha value is -2.04. The van der Waals surface area contributed by atoms with Gasteiger partial charge in [0.1, 0.15) is 6.61 Å². The van der Waals surface area contributed by atoms with E-state index in [1.807, 2.05) is 44.2 Å². The van der Waals surface area contributed by atoms with Gasteiger partial charge < -0.3 is 15.2 Å². The minimum atomic E-state index is -0.890. The first kappa shape index (κ1) is 17.0. The highest BCUT2D eigenvalue weighted by Crippen LogP contribution is 2.17. The minimum absolute atomic E-state index is 0.0157. The summed E-state index contributed by atoms with van der Waals surface area (Å²) < 4.78 is 5.05. The summed E-state index contributed by atoms with van der Waals surface area (Å²) in [5.74, 6) is -1.46. The number of ether oxygens (including phenoxy) is 1. The van der Waals surface area contributed by atoms with Gasteiger partial charge in [0.15, 0.2) is 0 Å². The quantitative estimate of drug-likeness (QED) is 0.772. The van der Waals surface area contributed by atoms with Gasteiger partial charge >= 0.3 is 12.1 Å². The van der Waals surface area contributed by atoms with Gasteiger partial charge in [0.25, 0.3) is 0 Å². The summed E-state index contributed by atoms with van der Waals surface area (Å²) in [6.07, 6.45) is 1.15. The Kier molecular flexibility index (Phi) is 7.29. The van der Waals surface area contributed by atoms with E-state index in [-0.39, 0.29) is 19.1 Å². The molecule has 0 radical (unpaired) electrons. The van der Waals surface area contributed by atoms with Crippen molar-refractivity contribution in [1.29, 1.82) is 0 Å². The molecule has 1 amide bonds. The van der Waals surface area contributed by atoms with Crippen LogP contribution in [0, 0.1) is 11.8 Å². The molecule has 116 valence electrons. The lowest BCUT2D eigenvalue weighted by atomic mass is 9.90. The largest absolute Gasteiger partial charge is 0.481 e. The van der Waals surface area contributed by atoms with Crippen LogP contribution in [0.3, 0.4) is 0 Å². The highest BCUT2D eigenvalue weighted by atomic mass is 16.5. The normalized spacial score (nSPS) is 13.2. The Labute approximate surface area is 125 Å². The molecule has 1 rings (SSSR count). The van der Waals surface area contributed by atoms with Crippen LogP contribution in [0.5, 0.6) is 0 Å². The van der Waals surface area contributed by atoms with Crippen molar-refractivity contribution in [1.82, 2.24) is 5.32 Å². The third kappa shape index (κ3) is 6.29. The summed E-state index contributed by atoms with van der Waals surface area (Å²) in [6, 6.07) is 9.33. The molecule has 0 heterocycles. The molecule has 0 fully saturated rings. The van der Waals surface area contributed by atoms with Crippen molar-refractivity contribution >= 4 is 12.1 Å². The van der Waals surface area contributed by atoms with Gasteiger partial charge in [-0.2, -0.15) is 0 Å². The smallest absolute Gasteiger partial charge is 0.407 e. The summed E-state index contributed by atoms with van der Waals surface area (Å²) in [4.78, 5) is 22.8. The van der Waals surface area contributed by atoms with E-state index in [1.54, 1.807) is 0 Å². The van der Waals surface area contributed by atoms with E-state index in [0.717, 1.165) is 18.4 Å². The van der Waals surface area contributed by atoms with Crippen molar-refractivity contribution in [3.8, 4) is 0 Å². The number of aliphatic carboxylic acids is 1. The van der Waals surface area contributed by atoms with Crippen molar-refractivity contribution in [2.24, 2.45) is 11.8 Å².